The minimum Gasteiger partial charge on any atom is -0.354 e. The van der Waals surface area contributed by atoms with E-state index in [1.807, 2.05) is 6.07 Å². The Kier molecular flexibility index (Phi) is 4.47. The Hall–Kier alpha value is -1.77. The van der Waals surface area contributed by atoms with Crippen LogP contribution in [0, 0.1) is 0 Å². The van der Waals surface area contributed by atoms with E-state index in [0.29, 0.717) is 27.2 Å². The minimum atomic E-state index is 0.451. The smallest absolute Gasteiger partial charge is 0.152 e. The normalized spacial score (nSPS) is 12.5. The van der Waals surface area contributed by atoms with Crippen LogP contribution in [-0.4, -0.2) is 11.3 Å². The molecule has 4 heteroatoms. The van der Waals surface area contributed by atoms with Gasteiger partial charge in [0, 0.05) is 27.1 Å². The highest BCUT2D eigenvalue weighted by Crippen LogP contribution is 2.36. The van der Waals surface area contributed by atoms with Crippen molar-refractivity contribution in [3.05, 3.63) is 57.6 Å². The van der Waals surface area contributed by atoms with Gasteiger partial charge >= 0.3 is 0 Å². The second-order valence-corrected chi connectivity index (χ2v) is 6.61. The van der Waals surface area contributed by atoms with E-state index in [4.69, 9.17) is 23.2 Å². The largest absolute Gasteiger partial charge is 0.354 e. The number of benzene rings is 2. The Morgan fingerprint density at radius 1 is 1.17 bits per heavy atom. The molecule has 118 valence electrons. The maximum atomic E-state index is 11.7. The van der Waals surface area contributed by atoms with E-state index in [1.54, 1.807) is 18.2 Å². The number of aromatic amines is 1. The fourth-order valence-electron chi connectivity index (χ4n) is 2.80. The Morgan fingerprint density at radius 2 is 1.96 bits per heavy atom. The number of H-pyrrole nitrogens is 1. The Labute approximate surface area is 145 Å². The van der Waals surface area contributed by atoms with Gasteiger partial charge in [-0.2, -0.15) is 0 Å². The molecular weight excluding hydrogens is 329 g/mol. The zero-order chi connectivity index (χ0) is 16.6. The number of carbonyl (C=O) groups is 1. The van der Waals surface area contributed by atoms with Gasteiger partial charge in [-0.05, 0) is 48.2 Å². The predicted molar refractivity (Wildman–Crippen MR) is 97.8 cm³/mol. The molecule has 0 aliphatic rings. The Balaban J connectivity index is 2.26. The minimum absolute atomic E-state index is 0.451. The summed E-state index contributed by atoms with van der Waals surface area (Å²) in [7, 11) is 0. The van der Waals surface area contributed by atoms with E-state index in [9.17, 15) is 4.79 Å². The lowest BCUT2D eigenvalue weighted by Crippen LogP contribution is -1.91. The molecule has 0 aliphatic heterocycles. The number of halogens is 2. The van der Waals surface area contributed by atoms with E-state index in [-0.39, 0.29) is 0 Å². The second kappa shape index (κ2) is 6.38. The summed E-state index contributed by atoms with van der Waals surface area (Å²) in [5.74, 6) is 0.451. The van der Waals surface area contributed by atoms with E-state index in [1.165, 1.54) is 5.56 Å². The molecule has 0 aliphatic carbocycles. The lowest BCUT2D eigenvalue weighted by molar-refractivity contribution is 0.112. The van der Waals surface area contributed by atoms with E-state index < -0.39 is 0 Å². The van der Waals surface area contributed by atoms with Gasteiger partial charge in [-0.15, -0.1) is 0 Å². The zero-order valence-corrected chi connectivity index (χ0v) is 14.5. The van der Waals surface area contributed by atoms with Gasteiger partial charge in [0.25, 0.3) is 0 Å². The number of carbonyl (C=O) groups excluding carboxylic acids is 1. The summed E-state index contributed by atoms with van der Waals surface area (Å²) < 4.78 is 0. The number of hydrogen-bond donors (Lipinski definition) is 1. The molecule has 2 aromatic carbocycles. The number of rotatable bonds is 4. The third-order valence-electron chi connectivity index (χ3n) is 4.36. The molecule has 0 fully saturated rings. The predicted octanol–water partition coefficient (Wildman–Crippen LogP) is 6.47. The lowest BCUT2D eigenvalue weighted by atomic mass is 9.96. The summed E-state index contributed by atoms with van der Waals surface area (Å²) in [6.45, 7) is 4.34. The number of aromatic nitrogens is 1. The molecule has 1 aromatic heterocycles. The maximum Gasteiger partial charge on any atom is 0.152 e. The molecule has 3 rings (SSSR count). The zero-order valence-electron chi connectivity index (χ0n) is 13.0. The van der Waals surface area contributed by atoms with Crippen LogP contribution in [-0.2, 0) is 0 Å². The van der Waals surface area contributed by atoms with Crippen molar-refractivity contribution < 1.29 is 4.79 Å². The summed E-state index contributed by atoms with van der Waals surface area (Å²) in [6.07, 6.45) is 1.94. The summed E-state index contributed by atoms with van der Waals surface area (Å²) in [4.78, 5) is 15.0. The van der Waals surface area contributed by atoms with Gasteiger partial charge in [0.15, 0.2) is 6.29 Å². The Bertz CT molecular complexity index is 882. The molecule has 0 amide bonds. The van der Waals surface area contributed by atoms with E-state index in [2.05, 4.69) is 31.0 Å². The van der Waals surface area contributed by atoms with Crippen molar-refractivity contribution in [2.75, 3.05) is 0 Å². The van der Waals surface area contributed by atoms with Crippen LogP contribution in [0.5, 0.6) is 0 Å². The van der Waals surface area contributed by atoms with Crippen molar-refractivity contribution in [2.45, 2.75) is 26.2 Å². The molecule has 1 N–H and O–H groups in total. The monoisotopic (exact) mass is 345 g/mol. The van der Waals surface area contributed by atoms with Crippen LogP contribution in [0.4, 0.5) is 0 Å². The third kappa shape index (κ3) is 2.89. The lowest BCUT2D eigenvalue weighted by Gasteiger charge is -2.08. The van der Waals surface area contributed by atoms with Gasteiger partial charge in [-0.25, -0.2) is 0 Å². The standard InChI is InChI=1S/C19H17Cl2NO/c1-3-11(2)12-4-7-18-14(8-12)16(10-23)19(22-18)15-9-13(20)5-6-17(15)21/h4-11,22H,3H2,1-2H3. The fraction of sp³-hybridized carbons (Fsp3) is 0.211. The van der Waals surface area contributed by atoms with Crippen molar-refractivity contribution in [3.63, 3.8) is 0 Å². The van der Waals surface area contributed by atoms with Gasteiger partial charge < -0.3 is 4.98 Å². The van der Waals surface area contributed by atoms with Crippen molar-refractivity contribution in [1.82, 2.24) is 4.98 Å². The molecule has 23 heavy (non-hydrogen) atoms. The SMILES string of the molecule is CCC(C)c1ccc2[nH]c(-c3cc(Cl)ccc3Cl)c(C=O)c2c1. The maximum absolute atomic E-state index is 11.7. The van der Waals surface area contributed by atoms with Crippen molar-refractivity contribution in [3.8, 4) is 11.3 Å². The number of aldehydes is 1. The van der Waals surface area contributed by atoms with Gasteiger partial charge in [-0.1, -0.05) is 43.1 Å². The van der Waals surface area contributed by atoms with Crippen LogP contribution in [0.15, 0.2) is 36.4 Å². The quantitative estimate of drug-likeness (QED) is 0.540. The second-order valence-electron chi connectivity index (χ2n) is 5.77. The van der Waals surface area contributed by atoms with Crippen LogP contribution >= 0.6 is 23.2 Å². The van der Waals surface area contributed by atoms with Gasteiger partial charge in [0.2, 0.25) is 0 Å². The van der Waals surface area contributed by atoms with Crippen LogP contribution in [0.25, 0.3) is 22.2 Å². The van der Waals surface area contributed by atoms with Crippen molar-refractivity contribution in [2.24, 2.45) is 0 Å². The molecular formula is C19H17Cl2NO. The van der Waals surface area contributed by atoms with Crippen LogP contribution in [0.2, 0.25) is 10.0 Å². The highest BCUT2D eigenvalue weighted by Gasteiger charge is 2.16. The molecule has 0 saturated carbocycles. The van der Waals surface area contributed by atoms with E-state index >= 15 is 0 Å². The fourth-order valence-corrected chi connectivity index (χ4v) is 3.18. The molecule has 1 heterocycles. The first-order valence-electron chi connectivity index (χ1n) is 7.61. The number of fused-ring (bicyclic) bond motifs is 1. The van der Waals surface area contributed by atoms with Crippen molar-refractivity contribution in [1.29, 1.82) is 0 Å². The summed E-state index contributed by atoms with van der Waals surface area (Å²) in [5.41, 5.74) is 4.22. The summed E-state index contributed by atoms with van der Waals surface area (Å²) in [6, 6.07) is 11.5. The molecule has 3 aromatic rings. The molecule has 2 nitrogen and oxygen atoms in total. The third-order valence-corrected chi connectivity index (χ3v) is 4.92. The molecule has 0 spiro atoms. The summed E-state index contributed by atoms with van der Waals surface area (Å²) >= 11 is 12.4. The average Bonchev–Trinajstić information content (AvgIpc) is 2.93. The molecule has 0 bridgehead atoms. The van der Waals surface area contributed by atoms with E-state index in [0.717, 1.165) is 29.2 Å². The van der Waals surface area contributed by atoms with Crippen LogP contribution in [0.1, 0.15) is 42.1 Å². The molecule has 0 saturated heterocycles. The molecule has 1 atom stereocenters. The highest BCUT2D eigenvalue weighted by molar-refractivity contribution is 6.35. The number of nitrogens with one attached hydrogen (secondary N) is 1. The van der Waals surface area contributed by atoms with Crippen molar-refractivity contribution >= 4 is 40.4 Å². The molecule has 0 radical (unpaired) electrons. The first-order chi connectivity index (χ1) is 11.0. The summed E-state index contributed by atoms with van der Waals surface area (Å²) in [5, 5.41) is 2.07. The van der Waals surface area contributed by atoms with Gasteiger partial charge in [0.05, 0.1) is 10.7 Å². The first kappa shape index (κ1) is 16.1. The van der Waals surface area contributed by atoms with Crippen LogP contribution in [0.3, 0.4) is 0 Å². The molecule has 1 unspecified atom stereocenters. The first-order valence-corrected chi connectivity index (χ1v) is 8.37. The van der Waals surface area contributed by atoms with Gasteiger partial charge in [0.1, 0.15) is 0 Å². The van der Waals surface area contributed by atoms with Gasteiger partial charge in [-0.3, -0.25) is 4.79 Å². The topological polar surface area (TPSA) is 32.9 Å². The Morgan fingerprint density at radius 3 is 2.65 bits per heavy atom. The van der Waals surface area contributed by atoms with Crippen LogP contribution < -0.4 is 0 Å². The number of hydrogen-bond acceptors (Lipinski definition) is 1. The highest BCUT2D eigenvalue weighted by atomic mass is 35.5. The average molecular weight is 346 g/mol.